The topological polar surface area (TPSA) is 87.5 Å². The summed E-state index contributed by atoms with van der Waals surface area (Å²) in [4.78, 5) is 27.1. The lowest BCUT2D eigenvalue weighted by atomic mass is 10.1. The average Bonchev–Trinajstić information content (AvgIpc) is 2.84. The molecule has 0 aliphatic rings. The molecule has 0 radical (unpaired) electrons. The van der Waals surface area contributed by atoms with Gasteiger partial charge in [0, 0.05) is 22.7 Å². The first kappa shape index (κ1) is 12.4. The van der Waals surface area contributed by atoms with Crippen LogP contribution in [0.2, 0.25) is 5.02 Å². The molecule has 0 aliphatic carbocycles. The van der Waals surface area contributed by atoms with Crippen molar-refractivity contribution in [3.8, 4) is 11.3 Å². The molecular formula is C13H8ClN3O3. The molecule has 0 saturated carbocycles. The van der Waals surface area contributed by atoms with Gasteiger partial charge in [-0.15, -0.1) is 0 Å². The number of hydrogen-bond donors (Lipinski definition) is 2. The minimum atomic E-state index is -1.15. The van der Waals surface area contributed by atoms with Crippen LogP contribution in [-0.4, -0.2) is 25.7 Å². The predicted octanol–water partition coefficient (Wildman–Crippen LogP) is 2.04. The van der Waals surface area contributed by atoms with Crippen molar-refractivity contribution in [2.75, 3.05) is 0 Å². The summed E-state index contributed by atoms with van der Waals surface area (Å²) in [5, 5.41) is 12.0. The Kier molecular flexibility index (Phi) is 2.80. The zero-order valence-corrected chi connectivity index (χ0v) is 10.8. The molecule has 0 aliphatic heterocycles. The van der Waals surface area contributed by atoms with Gasteiger partial charge in [0.25, 0.3) is 5.56 Å². The quantitative estimate of drug-likeness (QED) is 0.756. The first-order valence-corrected chi connectivity index (χ1v) is 6.04. The van der Waals surface area contributed by atoms with Crippen LogP contribution in [0, 0.1) is 0 Å². The molecule has 20 heavy (non-hydrogen) atoms. The maximum absolute atomic E-state index is 11.9. The Morgan fingerprint density at radius 2 is 1.95 bits per heavy atom. The summed E-state index contributed by atoms with van der Waals surface area (Å²) in [7, 11) is 0. The van der Waals surface area contributed by atoms with Gasteiger partial charge in [-0.25, -0.2) is 14.3 Å². The minimum Gasteiger partial charge on any atom is -0.477 e. The van der Waals surface area contributed by atoms with Crippen LogP contribution < -0.4 is 5.56 Å². The van der Waals surface area contributed by atoms with E-state index in [1.165, 1.54) is 12.1 Å². The zero-order valence-electron chi connectivity index (χ0n) is 10.0. The van der Waals surface area contributed by atoms with Crippen LogP contribution in [-0.2, 0) is 0 Å². The van der Waals surface area contributed by atoms with Gasteiger partial charge in [-0.3, -0.25) is 9.89 Å². The summed E-state index contributed by atoms with van der Waals surface area (Å²) in [6, 6.07) is 9.51. The molecule has 0 fully saturated rings. The van der Waals surface area contributed by atoms with E-state index < -0.39 is 5.97 Å². The van der Waals surface area contributed by atoms with E-state index in [0.717, 1.165) is 10.1 Å². The number of carbonyl (C=O) groups is 1. The summed E-state index contributed by atoms with van der Waals surface area (Å²) in [5.41, 5.74) is 0.963. The lowest BCUT2D eigenvalue weighted by Crippen LogP contribution is -2.14. The lowest BCUT2D eigenvalue weighted by molar-refractivity contribution is 0.0690. The summed E-state index contributed by atoms with van der Waals surface area (Å²) in [5.74, 6) is -1.15. The van der Waals surface area contributed by atoms with Crippen molar-refractivity contribution < 1.29 is 9.90 Å². The van der Waals surface area contributed by atoms with Gasteiger partial charge in [0.1, 0.15) is 5.69 Å². The molecule has 0 unspecified atom stereocenters. The van der Waals surface area contributed by atoms with E-state index in [1.54, 1.807) is 24.3 Å². The lowest BCUT2D eigenvalue weighted by Gasteiger charge is -2.01. The van der Waals surface area contributed by atoms with Crippen molar-refractivity contribution >= 4 is 23.2 Å². The zero-order chi connectivity index (χ0) is 14.3. The number of aromatic carboxylic acids is 1. The van der Waals surface area contributed by atoms with Crippen molar-refractivity contribution in [1.29, 1.82) is 0 Å². The van der Waals surface area contributed by atoms with Gasteiger partial charge in [0.15, 0.2) is 5.65 Å². The number of H-pyrrole nitrogens is 1. The number of fused-ring (bicyclic) bond motifs is 1. The second-order valence-electron chi connectivity index (χ2n) is 4.16. The number of halogens is 1. The van der Waals surface area contributed by atoms with Gasteiger partial charge in [-0.1, -0.05) is 23.7 Å². The Morgan fingerprint density at radius 1 is 1.25 bits per heavy atom. The monoisotopic (exact) mass is 289 g/mol. The van der Waals surface area contributed by atoms with Gasteiger partial charge in [-0.05, 0) is 12.1 Å². The fourth-order valence-electron chi connectivity index (χ4n) is 1.87. The highest BCUT2D eigenvalue weighted by Gasteiger charge is 2.11. The number of carboxylic acid groups (broad SMARTS) is 1. The first-order chi connectivity index (χ1) is 9.54. The molecule has 0 spiro atoms. The maximum Gasteiger partial charge on any atom is 0.353 e. The average molecular weight is 290 g/mol. The third-order valence-corrected chi connectivity index (χ3v) is 3.07. The molecule has 7 heteroatoms. The molecule has 0 bridgehead atoms. The molecule has 3 rings (SSSR count). The number of nitrogens with one attached hydrogen (secondary N) is 1. The molecule has 100 valence electrons. The van der Waals surface area contributed by atoms with Gasteiger partial charge >= 0.3 is 5.97 Å². The summed E-state index contributed by atoms with van der Waals surface area (Å²) in [6.07, 6.45) is 0. The highest BCUT2D eigenvalue weighted by atomic mass is 35.5. The Labute approximate surface area is 117 Å². The molecule has 3 aromatic rings. The third kappa shape index (κ3) is 2.06. The standard InChI is InChI=1S/C13H8ClN3O3/c14-8-3-1-7(2-4-8)9-6-12(18)17-11(15-9)5-10(16-17)13(19)20/h1-6,16H,(H,19,20). The molecule has 6 nitrogen and oxygen atoms in total. The van der Waals surface area contributed by atoms with Crippen LogP contribution in [0.4, 0.5) is 0 Å². The normalized spacial score (nSPS) is 10.8. The molecular weight excluding hydrogens is 282 g/mol. The highest BCUT2D eigenvalue weighted by molar-refractivity contribution is 6.30. The summed E-state index contributed by atoms with van der Waals surface area (Å²) >= 11 is 5.81. The number of aromatic amines is 1. The summed E-state index contributed by atoms with van der Waals surface area (Å²) < 4.78 is 1.09. The minimum absolute atomic E-state index is 0.0946. The number of nitrogens with zero attached hydrogens (tertiary/aromatic N) is 2. The largest absolute Gasteiger partial charge is 0.477 e. The smallest absolute Gasteiger partial charge is 0.353 e. The second kappa shape index (κ2) is 4.50. The fourth-order valence-corrected chi connectivity index (χ4v) is 2.00. The SMILES string of the molecule is O=C(O)c1cc2nc(-c3ccc(Cl)cc3)cc(=O)n2[nH]1. The van der Waals surface area contributed by atoms with E-state index in [2.05, 4.69) is 10.1 Å². The van der Waals surface area contributed by atoms with E-state index in [9.17, 15) is 9.59 Å². The van der Waals surface area contributed by atoms with Crippen molar-refractivity contribution in [2.45, 2.75) is 0 Å². The van der Waals surface area contributed by atoms with Crippen LogP contribution in [0.5, 0.6) is 0 Å². The van der Waals surface area contributed by atoms with E-state index >= 15 is 0 Å². The molecule has 1 aromatic carbocycles. The Morgan fingerprint density at radius 3 is 2.60 bits per heavy atom. The van der Waals surface area contributed by atoms with Crippen molar-refractivity contribution in [3.05, 3.63) is 57.5 Å². The molecule has 0 saturated heterocycles. The van der Waals surface area contributed by atoms with E-state index in [-0.39, 0.29) is 16.9 Å². The number of benzene rings is 1. The first-order valence-electron chi connectivity index (χ1n) is 5.66. The number of hydrogen-bond acceptors (Lipinski definition) is 3. The third-order valence-electron chi connectivity index (χ3n) is 2.82. The van der Waals surface area contributed by atoms with Crippen LogP contribution >= 0.6 is 11.6 Å². The predicted molar refractivity (Wildman–Crippen MR) is 73.2 cm³/mol. The Bertz CT molecular complexity index is 865. The number of carboxylic acids is 1. The number of rotatable bonds is 2. The van der Waals surface area contributed by atoms with Gasteiger partial charge in [-0.2, -0.15) is 0 Å². The Balaban J connectivity index is 2.21. The van der Waals surface area contributed by atoms with Gasteiger partial charge < -0.3 is 5.11 Å². The molecule has 2 N–H and O–H groups in total. The van der Waals surface area contributed by atoms with Gasteiger partial charge in [0.2, 0.25) is 0 Å². The summed E-state index contributed by atoms with van der Waals surface area (Å²) in [6.45, 7) is 0. The van der Waals surface area contributed by atoms with Crippen LogP contribution in [0.3, 0.4) is 0 Å². The molecule has 0 amide bonds. The molecule has 2 aromatic heterocycles. The van der Waals surface area contributed by atoms with Crippen molar-refractivity contribution in [2.24, 2.45) is 0 Å². The van der Waals surface area contributed by atoms with Crippen molar-refractivity contribution in [3.63, 3.8) is 0 Å². The van der Waals surface area contributed by atoms with Gasteiger partial charge in [0.05, 0.1) is 5.69 Å². The van der Waals surface area contributed by atoms with Crippen LogP contribution in [0.25, 0.3) is 16.9 Å². The molecule has 2 heterocycles. The highest BCUT2D eigenvalue weighted by Crippen LogP contribution is 2.19. The Hall–Kier alpha value is -2.60. The second-order valence-corrected chi connectivity index (χ2v) is 4.59. The van der Waals surface area contributed by atoms with E-state index in [4.69, 9.17) is 16.7 Å². The van der Waals surface area contributed by atoms with Crippen molar-refractivity contribution in [1.82, 2.24) is 14.6 Å². The fraction of sp³-hybridized carbons (Fsp3) is 0. The van der Waals surface area contributed by atoms with E-state index in [1.807, 2.05) is 0 Å². The maximum atomic E-state index is 11.9. The van der Waals surface area contributed by atoms with E-state index in [0.29, 0.717) is 10.7 Å². The number of aromatic nitrogens is 3. The van der Waals surface area contributed by atoms with Crippen LogP contribution in [0.1, 0.15) is 10.5 Å². The molecule has 0 atom stereocenters. The van der Waals surface area contributed by atoms with Crippen LogP contribution in [0.15, 0.2) is 41.2 Å².